The lowest BCUT2D eigenvalue weighted by Gasteiger charge is -2.24. The van der Waals surface area contributed by atoms with Crippen LogP contribution in [0.4, 0.5) is 0 Å². The number of aromatic nitrogens is 2. The number of H-pyrrole nitrogens is 1. The number of carbonyl (C=O) groups is 5. The van der Waals surface area contributed by atoms with Crippen LogP contribution < -0.4 is 33.2 Å². The van der Waals surface area contributed by atoms with E-state index in [0.29, 0.717) is 25.1 Å². The van der Waals surface area contributed by atoms with Crippen LogP contribution in [0.5, 0.6) is 0 Å². The van der Waals surface area contributed by atoms with E-state index in [1.807, 2.05) is 0 Å². The molecule has 14 heteroatoms. The van der Waals surface area contributed by atoms with E-state index in [0.717, 1.165) is 0 Å². The van der Waals surface area contributed by atoms with Gasteiger partial charge in [-0.05, 0) is 39.2 Å². The predicted octanol–water partition coefficient (Wildman–Crippen LogP) is -2.77. The highest BCUT2D eigenvalue weighted by molar-refractivity contribution is 5.94. The maximum Gasteiger partial charge on any atom is 0.325 e. The molecule has 11 N–H and O–H groups in total. The minimum absolute atomic E-state index is 0.151. The molecule has 190 valence electrons. The Hall–Kier alpha value is -3.52. The first-order valence-corrected chi connectivity index (χ1v) is 10.9. The fourth-order valence-corrected chi connectivity index (χ4v) is 2.97. The SMILES string of the molecule is CC(NC(=O)C(CCC(N)=O)NC(=O)C(CCCCN)NC(=O)C(N)Cc1cnc[nH]1)C(=O)O. The second-order valence-electron chi connectivity index (χ2n) is 7.87. The standard InChI is InChI=1S/C20H34N8O6/c1-11(20(33)34)26-18(31)15(5-6-16(23)29)28-19(32)14(4-2-3-7-21)27-17(30)13(22)8-12-9-24-10-25-12/h9-11,13-15H,2-8,21-22H2,1H3,(H2,23,29)(H,24,25)(H,26,31)(H,27,30)(H,28,32)(H,33,34). The van der Waals surface area contributed by atoms with Crippen LogP contribution in [0, 0.1) is 0 Å². The van der Waals surface area contributed by atoms with Gasteiger partial charge in [0.2, 0.25) is 23.6 Å². The number of carboxylic acid groups (broad SMARTS) is 1. The molecule has 4 amide bonds. The van der Waals surface area contributed by atoms with Crippen molar-refractivity contribution in [1.29, 1.82) is 0 Å². The number of carboxylic acids is 1. The number of hydrogen-bond acceptors (Lipinski definition) is 8. The first kappa shape index (κ1) is 28.5. The van der Waals surface area contributed by atoms with Gasteiger partial charge in [0.15, 0.2) is 0 Å². The lowest BCUT2D eigenvalue weighted by molar-refractivity contribution is -0.142. The van der Waals surface area contributed by atoms with E-state index in [1.165, 1.54) is 19.4 Å². The van der Waals surface area contributed by atoms with Gasteiger partial charge in [-0.25, -0.2) is 4.98 Å². The molecule has 0 saturated carbocycles. The Morgan fingerprint density at radius 3 is 2.21 bits per heavy atom. The molecule has 0 aliphatic heterocycles. The summed E-state index contributed by atoms with van der Waals surface area (Å²) in [7, 11) is 0. The fraction of sp³-hybridized carbons (Fsp3) is 0.600. The molecule has 0 aliphatic carbocycles. The summed E-state index contributed by atoms with van der Waals surface area (Å²) in [4.78, 5) is 67.0. The minimum atomic E-state index is -1.27. The van der Waals surface area contributed by atoms with Gasteiger partial charge in [-0.1, -0.05) is 0 Å². The number of aromatic amines is 1. The van der Waals surface area contributed by atoms with E-state index in [4.69, 9.17) is 22.3 Å². The highest BCUT2D eigenvalue weighted by Crippen LogP contribution is 2.06. The van der Waals surface area contributed by atoms with Crippen molar-refractivity contribution in [3.63, 3.8) is 0 Å². The van der Waals surface area contributed by atoms with Gasteiger partial charge in [0, 0.05) is 24.7 Å². The lowest BCUT2D eigenvalue weighted by Crippen LogP contribution is -2.57. The average Bonchev–Trinajstić information content (AvgIpc) is 3.28. The number of nitrogens with one attached hydrogen (secondary N) is 4. The molecule has 0 radical (unpaired) electrons. The van der Waals surface area contributed by atoms with Crippen molar-refractivity contribution in [2.24, 2.45) is 17.2 Å². The summed E-state index contributed by atoms with van der Waals surface area (Å²) in [6.07, 6.45) is 4.10. The third-order valence-electron chi connectivity index (χ3n) is 4.95. The zero-order chi connectivity index (χ0) is 25.7. The van der Waals surface area contributed by atoms with Crippen LogP contribution in [0.1, 0.15) is 44.7 Å². The number of primary amides is 1. The summed E-state index contributed by atoms with van der Waals surface area (Å²) in [6, 6.07) is -4.46. The summed E-state index contributed by atoms with van der Waals surface area (Å²) in [6.45, 7) is 1.64. The number of unbranched alkanes of at least 4 members (excludes halogenated alkanes) is 1. The van der Waals surface area contributed by atoms with Crippen molar-refractivity contribution in [3.8, 4) is 0 Å². The number of aliphatic carboxylic acids is 1. The van der Waals surface area contributed by atoms with Gasteiger partial charge in [-0.15, -0.1) is 0 Å². The molecule has 1 rings (SSSR count). The number of carbonyl (C=O) groups excluding carboxylic acids is 4. The van der Waals surface area contributed by atoms with Gasteiger partial charge in [-0.2, -0.15) is 0 Å². The van der Waals surface area contributed by atoms with E-state index in [9.17, 15) is 24.0 Å². The van der Waals surface area contributed by atoms with E-state index in [-0.39, 0.29) is 25.7 Å². The predicted molar refractivity (Wildman–Crippen MR) is 121 cm³/mol. The Kier molecular flexibility index (Phi) is 12.2. The summed E-state index contributed by atoms with van der Waals surface area (Å²) < 4.78 is 0. The van der Waals surface area contributed by atoms with Crippen LogP contribution in [-0.4, -0.2) is 75.4 Å². The van der Waals surface area contributed by atoms with Gasteiger partial charge in [-0.3, -0.25) is 24.0 Å². The number of imidazole rings is 1. The smallest absolute Gasteiger partial charge is 0.325 e. The highest BCUT2D eigenvalue weighted by Gasteiger charge is 2.29. The average molecular weight is 483 g/mol. The van der Waals surface area contributed by atoms with E-state index >= 15 is 0 Å². The van der Waals surface area contributed by atoms with Gasteiger partial charge in [0.1, 0.15) is 18.1 Å². The van der Waals surface area contributed by atoms with Gasteiger partial charge in [0.25, 0.3) is 0 Å². The summed E-state index contributed by atoms with van der Waals surface area (Å²) in [5.41, 5.74) is 17.2. The second kappa shape index (κ2) is 14.6. The number of amides is 4. The molecule has 1 aromatic rings. The molecule has 1 aromatic heterocycles. The van der Waals surface area contributed by atoms with Crippen LogP contribution in [0.15, 0.2) is 12.5 Å². The first-order valence-electron chi connectivity index (χ1n) is 10.9. The molecule has 0 fully saturated rings. The molecule has 0 spiro atoms. The molecule has 0 saturated heterocycles. The Bertz CT molecular complexity index is 831. The maximum absolute atomic E-state index is 13.0. The zero-order valence-electron chi connectivity index (χ0n) is 19.1. The highest BCUT2D eigenvalue weighted by atomic mass is 16.4. The summed E-state index contributed by atoms with van der Waals surface area (Å²) in [5, 5.41) is 16.3. The molecule has 4 atom stereocenters. The topological polar surface area (TPSA) is 248 Å². The summed E-state index contributed by atoms with van der Waals surface area (Å²) in [5.74, 6) is -4.04. The zero-order valence-corrected chi connectivity index (χ0v) is 19.1. The molecule has 34 heavy (non-hydrogen) atoms. The molecule has 0 aliphatic rings. The van der Waals surface area contributed by atoms with Crippen molar-refractivity contribution in [1.82, 2.24) is 25.9 Å². The normalized spacial score (nSPS) is 14.3. The van der Waals surface area contributed by atoms with Crippen LogP contribution in [0.25, 0.3) is 0 Å². The summed E-state index contributed by atoms with van der Waals surface area (Å²) >= 11 is 0. The molecular formula is C20H34N8O6. The van der Waals surface area contributed by atoms with Crippen molar-refractivity contribution in [2.45, 2.75) is 69.6 Å². The maximum atomic E-state index is 13.0. The van der Waals surface area contributed by atoms with E-state index in [2.05, 4.69) is 25.9 Å². The van der Waals surface area contributed by atoms with Gasteiger partial charge >= 0.3 is 5.97 Å². The van der Waals surface area contributed by atoms with Crippen molar-refractivity contribution >= 4 is 29.6 Å². The second-order valence-corrected chi connectivity index (χ2v) is 7.87. The number of nitrogens with two attached hydrogens (primary N) is 3. The van der Waals surface area contributed by atoms with E-state index in [1.54, 1.807) is 0 Å². The Morgan fingerprint density at radius 1 is 1.03 bits per heavy atom. The van der Waals surface area contributed by atoms with Crippen molar-refractivity contribution in [2.75, 3.05) is 6.54 Å². The van der Waals surface area contributed by atoms with Gasteiger partial charge in [0.05, 0.1) is 12.4 Å². The van der Waals surface area contributed by atoms with Crippen LogP contribution in [0.2, 0.25) is 0 Å². The number of rotatable bonds is 16. The number of nitrogens with zero attached hydrogens (tertiary/aromatic N) is 1. The minimum Gasteiger partial charge on any atom is -0.480 e. The van der Waals surface area contributed by atoms with Crippen LogP contribution in [0.3, 0.4) is 0 Å². The molecule has 4 unspecified atom stereocenters. The molecule has 0 bridgehead atoms. The Labute approximate surface area is 196 Å². The number of hydrogen-bond donors (Lipinski definition) is 8. The van der Waals surface area contributed by atoms with Crippen LogP contribution in [-0.2, 0) is 30.4 Å². The van der Waals surface area contributed by atoms with Crippen molar-refractivity contribution < 1.29 is 29.1 Å². The quantitative estimate of drug-likeness (QED) is 0.113. The van der Waals surface area contributed by atoms with E-state index < -0.39 is 53.8 Å². The fourth-order valence-electron chi connectivity index (χ4n) is 2.97. The molecular weight excluding hydrogens is 448 g/mol. The van der Waals surface area contributed by atoms with Crippen LogP contribution >= 0.6 is 0 Å². The molecule has 1 heterocycles. The molecule has 14 nitrogen and oxygen atoms in total. The monoisotopic (exact) mass is 482 g/mol. The van der Waals surface area contributed by atoms with Crippen molar-refractivity contribution in [3.05, 3.63) is 18.2 Å². The van der Waals surface area contributed by atoms with Gasteiger partial charge < -0.3 is 43.2 Å². The third-order valence-corrected chi connectivity index (χ3v) is 4.95. The Morgan fingerprint density at radius 2 is 1.65 bits per heavy atom. The first-order chi connectivity index (χ1) is 16.0. The largest absolute Gasteiger partial charge is 0.480 e. The lowest BCUT2D eigenvalue weighted by atomic mass is 10.0. The Balaban J connectivity index is 2.91. The third kappa shape index (κ3) is 10.4. The molecule has 0 aromatic carbocycles.